The van der Waals surface area contributed by atoms with E-state index in [-0.39, 0.29) is 24.2 Å². The molecule has 2 aliphatic rings. The summed E-state index contributed by atoms with van der Waals surface area (Å²) in [5.41, 5.74) is 2.71. The van der Waals surface area contributed by atoms with Crippen molar-refractivity contribution >= 4 is 29.1 Å². The Balaban J connectivity index is 2.01. The van der Waals surface area contributed by atoms with E-state index >= 15 is 0 Å². The number of anilines is 1. The van der Waals surface area contributed by atoms with Gasteiger partial charge in [0.25, 0.3) is 0 Å². The van der Waals surface area contributed by atoms with Gasteiger partial charge < -0.3 is 10.6 Å². The van der Waals surface area contributed by atoms with Gasteiger partial charge in [-0.05, 0) is 42.3 Å². The fourth-order valence-electron chi connectivity index (χ4n) is 4.58. The van der Waals surface area contributed by atoms with Crippen LogP contribution in [-0.4, -0.2) is 17.9 Å². The van der Waals surface area contributed by atoms with Gasteiger partial charge in [0.2, 0.25) is 11.8 Å². The number of amides is 2. The summed E-state index contributed by atoms with van der Waals surface area (Å²) in [6.07, 6.45) is 5.70. The lowest BCUT2D eigenvalue weighted by molar-refractivity contribution is -0.130. The first-order valence-electron chi connectivity index (χ1n) is 9.00. The largest absolute Gasteiger partial charge is 0.348 e. The zero-order valence-corrected chi connectivity index (χ0v) is 16.1. The Hall–Kier alpha value is -3.03. The molecule has 0 saturated carbocycles. The van der Waals surface area contributed by atoms with Gasteiger partial charge in [-0.15, -0.1) is 6.42 Å². The molecule has 2 aromatic carbocycles. The topological polar surface area (TPSA) is 58.2 Å². The molecule has 0 aliphatic carbocycles. The van der Waals surface area contributed by atoms with Gasteiger partial charge in [0.05, 0.1) is 6.04 Å². The second-order valence-electron chi connectivity index (χ2n) is 7.39. The minimum Gasteiger partial charge on any atom is -0.348 e. The molecular formula is C23H19ClN2O2. The molecule has 0 unspecified atom stereocenters. The fraction of sp³-hybridized carbons (Fsp3) is 0.217. The third-order valence-corrected chi connectivity index (χ3v) is 5.93. The van der Waals surface area contributed by atoms with Crippen LogP contribution >= 0.6 is 11.6 Å². The molecule has 2 amide bonds. The van der Waals surface area contributed by atoms with Crippen molar-refractivity contribution in [1.82, 2.24) is 5.32 Å². The standard InChI is InChI=1S/C23H19ClN2O2/c1-4-14-8-9-17-19(10-14)25-22(28)23(17)18(15-6-5-7-16(24)11-15)12-20(27)26-21(23)13(2)3/h1,5-11,18,21H,2,12H2,3H3,(H,25,28)(H,26,27)/t18-,21+,23-/m0/s1. The molecule has 2 N–H and O–H groups in total. The van der Waals surface area contributed by atoms with Crippen molar-refractivity contribution in [3.8, 4) is 12.3 Å². The number of halogens is 1. The highest BCUT2D eigenvalue weighted by Gasteiger charge is 2.60. The monoisotopic (exact) mass is 390 g/mol. The number of nitrogens with one attached hydrogen (secondary N) is 2. The van der Waals surface area contributed by atoms with E-state index in [0.717, 1.165) is 11.1 Å². The number of hydrogen-bond donors (Lipinski definition) is 2. The maximum absolute atomic E-state index is 13.5. The number of terminal acetylenes is 1. The number of benzene rings is 2. The van der Waals surface area contributed by atoms with Crippen LogP contribution in [0.4, 0.5) is 5.69 Å². The van der Waals surface area contributed by atoms with Crippen molar-refractivity contribution in [2.45, 2.75) is 30.7 Å². The Bertz CT molecular complexity index is 1070. The normalized spacial score (nSPS) is 25.6. The van der Waals surface area contributed by atoms with Crippen molar-refractivity contribution in [1.29, 1.82) is 0 Å². The van der Waals surface area contributed by atoms with Crippen LogP contribution in [0.25, 0.3) is 0 Å². The lowest BCUT2D eigenvalue weighted by Crippen LogP contribution is -2.62. The number of piperidine rings is 1. The predicted octanol–water partition coefficient (Wildman–Crippen LogP) is 3.76. The second kappa shape index (κ2) is 6.54. The highest BCUT2D eigenvalue weighted by molar-refractivity contribution is 6.30. The van der Waals surface area contributed by atoms with Gasteiger partial charge in [0.1, 0.15) is 5.41 Å². The van der Waals surface area contributed by atoms with Gasteiger partial charge in [-0.2, -0.15) is 0 Å². The van der Waals surface area contributed by atoms with E-state index in [0.29, 0.717) is 21.8 Å². The number of carbonyl (C=O) groups excluding carboxylic acids is 2. The third-order valence-electron chi connectivity index (χ3n) is 5.70. The van der Waals surface area contributed by atoms with Crippen LogP contribution in [0.2, 0.25) is 5.02 Å². The Labute approximate surface area is 169 Å². The lowest BCUT2D eigenvalue weighted by atomic mass is 9.59. The molecule has 140 valence electrons. The second-order valence-corrected chi connectivity index (χ2v) is 7.82. The van der Waals surface area contributed by atoms with Crippen LogP contribution in [0, 0.1) is 12.3 Å². The minimum absolute atomic E-state index is 0.120. The van der Waals surface area contributed by atoms with E-state index in [1.165, 1.54) is 0 Å². The van der Waals surface area contributed by atoms with E-state index in [9.17, 15) is 9.59 Å². The summed E-state index contributed by atoms with van der Waals surface area (Å²) >= 11 is 6.23. The molecule has 0 bridgehead atoms. The van der Waals surface area contributed by atoms with E-state index in [1.54, 1.807) is 12.1 Å². The SMILES string of the molecule is C#Cc1ccc2c(c1)NC(=O)[C@@]21[C@@H](C(=C)C)NC(=O)C[C@H]1c1cccc(Cl)c1. The molecular weight excluding hydrogens is 372 g/mol. The first kappa shape index (κ1) is 18.3. The van der Waals surface area contributed by atoms with Gasteiger partial charge in [-0.1, -0.05) is 47.9 Å². The van der Waals surface area contributed by atoms with Crippen LogP contribution in [0.3, 0.4) is 0 Å². The van der Waals surface area contributed by atoms with Crippen molar-refractivity contribution < 1.29 is 9.59 Å². The summed E-state index contributed by atoms with van der Waals surface area (Å²) < 4.78 is 0. The summed E-state index contributed by atoms with van der Waals surface area (Å²) in [7, 11) is 0. The van der Waals surface area contributed by atoms with E-state index in [2.05, 4.69) is 23.1 Å². The average molecular weight is 391 g/mol. The first-order chi connectivity index (χ1) is 13.4. The highest BCUT2D eigenvalue weighted by atomic mass is 35.5. The summed E-state index contributed by atoms with van der Waals surface area (Å²) in [5, 5.41) is 6.54. The minimum atomic E-state index is -1.02. The molecule has 5 heteroatoms. The van der Waals surface area contributed by atoms with Crippen molar-refractivity contribution in [2.75, 3.05) is 5.32 Å². The van der Waals surface area contributed by atoms with Crippen LogP contribution in [0.5, 0.6) is 0 Å². The summed E-state index contributed by atoms with van der Waals surface area (Å²) in [6.45, 7) is 5.89. The molecule has 1 fully saturated rings. The summed E-state index contributed by atoms with van der Waals surface area (Å²) in [5.74, 6) is 1.92. The van der Waals surface area contributed by atoms with E-state index < -0.39 is 11.5 Å². The van der Waals surface area contributed by atoms with Crippen LogP contribution in [0.15, 0.2) is 54.6 Å². The number of rotatable bonds is 2. The van der Waals surface area contributed by atoms with Crippen molar-refractivity contribution in [3.63, 3.8) is 0 Å². The Morgan fingerprint density at radius 1 is 1.29 bits per heavy atom. The van der Waals surface area contributed by atoms with Crippen LogP contribution in [0.1, 0.15) is 36.0 Å². The lowest BCUT2D eigenvalue weighted by Gasteiger charge is -2.46. The van der Waals surface area contributed by atoms with Crippen molar-refractivity contribution in [2.24, 2.45) is 0 Å². The molecule has 4 rings (SSSR count). The maximum Gasteiger partial charge on any atom is 0.238 e. The third kappa shape index (κ3) is 2.55. The maximum atomic E-state index is 13.5. The molecule has 1 spiro atoms. The number of fused-ring (bicyclic) bond motifs is 2. The zero-order valence-electron chi connectivity index (χ0n) is 15.4. The molecule has 1 saturated heterocycles. The van der Waals surface area contributed by atoms with Gasteiger partial charge in [0, 0.05) is 28.6 Å². The van der Waals surface area contributed by atoms with Crippen LogP contribution < -0.4 is 10.6 Å². The van der Waals surface area contributed by atoms with E-state index in [4.69, 9.17) is 18.0 Å². The van der Waals surface area contributed by atoms with Crippen molar-refractivity contribution in [3.05, 3.63) is 76.3 Å². The summed E-state index contributed by atoms with van der Waals surface area (Å²) in [4.78, 5) is 26.1. The van der Waals surface area contributed by atoms with Gasteiger partial charge in [0.15, 0.2) is 0 Å². The van der Waals surface area contributed by atoms with Crippen LogP contribution in [-0.2, 0) is 15.0 Å². The quantitative estimate of drug-likeness (QED) is 0.606. The Morgan fingerprint density at radius 3 is 2.75 bits per heavy atom. The van der Waals surface area contributed by atoms with E-state index in [1.807, 2.05) is 37.3 Å². The fourth-order valence-corrected chi connectivity index (χ4v) is 4.77. The molecule has 3 atom stereocenters. The molecule has 2 aliphatic heterocycles. The molecule has 2 heterocycles. The molecule has 2 aromatic rings. The zero-order chi connectivity index (χ0) is 20.1. The highest BCUT2D eigenvalue weighted by Crippen LogP contribution is 2.54. The van der Waals surface area contributed by atoms with Gasteiger partial charge in [-0.25, -0.2) is 0 Å². The predicted molar refractivity (Wildman–Crippen MR) is 110 cm³/mol. The van der Waals surface area contributed by atoms with Gasteiger partial charge in [-0.3, -0.25) is 9.59 Å². The molecule has 0 radical (unpaired) electrons. The number of hydrogen-bond acceptors (Lipinski definition) is 2. The first-order valence-corrected chi connectivity index (χ1v) is 9.38. The van der Waals surface area contributed by atoms with Gasteiger partial charge >= 0.3 is 0 Å². The molecule has 4 nitrogen and oxygen atoms in total. The molecule has 28 heavy (non-hydrogen) atoms. The summed E-state index contributed by atoms with van der Waals surface area (Å²) in [6, 6.07) is 12.3. The Morgan fingerprint density at radius 2 is 2.07 bits per heavy atom. The number of carbonyl (C=O) groups is 2. The Kier molecular flexibility index (Phi) is 4.28. The molecule has 0 aromatic heterocycles. The smallest absolute Gasteiger partial charge is 0.238 e. The average Bonchev–Trinajstić information content (AvgIpc) is 2.94.